The summed E-state index contributed by atoms with van der Waals surface area (Å²) in [7, 11) is 0. The molecule has 0 spiro atoms. The van der Waals surface area contributed by atoms with Crippen LogP contribution in [0.1, 0.15) is 20.7 Å². The lowest BCUT2D eigenvalue weighted by atomic mass is 10.1. The van der Waals surface area contributed by atoms with Gasteiger partial charge in [-0.05, 0) is 18.2 Å². The number of carbonyl (C=O) groups excluding carboxylic acids is 2. The zero-order valence-electron chi connectivity index (χ0n) is 12.8. The number of anilines is 1. The standard InChI is InChI=1S/C14H21N3O6.ClH/c15-10-2-8(13(16)22)1-9(3-10)14(23)17(4-11(20)6-18)5-12(21)7-19;/h1-3,11-12,18-21H,4-7,15H2,(H2,16,22);1H. The first kappa shape index (κ1) is 22.1. The van der Waals surface area contributed by atoms with Crippen molar-refractivity contribution in [1.29, 1.82) is 0 Å². The average molecular weight is 364 g/mol. The maximum Gasteiger partial charge on any atom is 0.254 e. The lowest BCUT2D eigenvalue weighted by Gasteiger charge is -2.26. The van der Waals surface area contributed by atoms with E-state index in [2.05, 4.69) is 0 Å². The van der Waals surface area contributed by atoms with Gasteiger partial charge in [0.2, 0.25) is 5.91 Å². The summed E-state index contributed by atoms with van der Waals surface area (Å²) in [6.07, 6.45) is -2.44. The Morgan fingerprint density at radius 3 is 1.88 bits per heavy atom. The fraction of sp³-hybridized carbons (Fsp3) is 0.429. The Balaban J connectivity index is 0.00000529. The molecular formula is C14H22ClN3O6. The molecule has 0 aromatic heterocycles. The van der Waals surface area contributed by atoms with Gasteiger partial charge in [-0.1, -0.05) is 0 Å². The number of halogens is 1. The highest BCUT2D eigenvalue weighted by Crippen LogP contribution is 2.15. The van der Waals surface area contributed by atoms with Crippen LogP contribution < -0.4 is 11.5 Å². The van der Waals surface area contributed by atoms with Crippen LogP contribution in [0.3, 0.4) is 0 Å². The van der Waals surface area contributed by atoms with E-state index in [0.29, 0.717) is 0 Å². The Morgan fingerprint density at radius 2 is 1.46 bits per heavy atom. The molecule has 0 fully saturated rings. The number of hydrogen-bond acceptors (Lipinski definition) is 7. The van der Waals surface area contributed by atoms with E-state index < -0.39 is 37.2 Å². The molecule has 2 amide bonds. The van der Waals surface area contributed by atoms with E-state index in [0.717, 1.165) is 4.90 Å². The fourth-order valence-corrected chi connectivity index (χ4v) is 1.96. The van der Waals surface area contributed by atoms with E-state index in [1.54, 1.807) is 0 Å². The minimum Gasteiger partial charge on any atom is -0.399 e. The van der Waals surface area contributed by atoms with Crippen molar-refractivity contribution in [2.75, 3.05) is 32.0 Å². The summed E-state index contributed by atoms with van der Waals surface area (Å²) < 4.78 is 0. The molecule has 0 bridgehead atoms. The molecule has 136 valence electrons. The molecule has 9 nitrogen and oxygen atoms in total. The van der Waals surface area contributed by atoms with Crippen LogP contribution in [0, 0.1) is 0 Å². The zero-order valence-corrected chi connectivity index (χ0v) is 13.6. The summed E-state index contributed by atoms with van der Waals surface area (Å²) in [4.78, 5) is 24.8. The lowest BCUT2D eigenvalue weighted by Crippen LogP contribution is -2.44. The molecule has 8 N–H and O–H groups in total. The summed E-state index contributed by atoms with van der Waals surface area (Å²) in [6.45, 7) is -1.70. The quantitative estimate of drug-likeness (QED) is 0.288. The number of nitrogens with two attached hydrogens (primary N) is 2. The first-order chi connectivity index (χ1) is 10.8. The van der Waals surface area contributed by atoms with Gasteiger partial charge in [0.25, 0.3) is 5.91 Å². The van der Waals surface area contributed by atoms with Crippen molar-refractivity contribution in [3.63, 3.8) is 0 Å². The number of aliphatic hydroxyl groups excluding tert-OH is 4. The summed E-state index contributed by atoms with van der Waals surface area (Å²) in [5.41, 5.74) is 11.0. The predicted octanol–water partition coefficient (Wildman–Crippen LogP) is -2.06. The van der Waals surface area contributed by atoms with E-state index >= 15 is 0 Å². The Bertz CT molecular complexity index is 559. The first-order valence-corrected chi connectivity index (χ1v) is 6.86. The van der Waals surface area contributed by atoms with Crippen LogP contribution in [0.2, 0.25) is 0 Å². The largest absolute Gasteiger partial charge is 0.399 e. The fourth-order valence-electron chi connectivity index (χ4n) is 1.96. The second-order valence-corrected chi connectivity index (χ2v) is 5.09. The molecule has 0 aliphatic rings. The van der Waals surface area contributed by atoms with Crippen LogP contribution in [0.4, 0.5) is 5.69 Å². The van der Waals surface area contributed by atoms with Crippen molar-refractivity contribution in [1.82, 2.24) is 4.90 Å². The van der Waals surface area contributed by atoms with E-state index in [1.165, 1.54) is 18.2 Å². The molecule has 1 aromatic rings. The van der Waals surface area contributed by atoms with Crippen molar-refractivity contribution in [2.24, 2.45) is 5.73 Å². The predicted molar refractivity (Wildman–Crippen MR) is 88.7 cm³/mol. The van der Waals surface area contributed by atoms with Gasteiger partial charge in [0, 0.05) is 29.9 Å². The van der Waals surface area contributed by atoms with E-state index in [-0.39, 0.29) is 42.3 Å². The monoisotopic (exact) mass is 363 g/mol. The molecule has 0 saturated heterocycles. The van der Waals surface area contributed by atoms with E-state index in [1.807, 2.05) is 0 Å². The lowest BCUT2D eigenvalue weighted by molar-refractivity contribution is 0.0210. The van der Waals surface area contributed by atoms with Gasteiger partial charge in [0.1, 0.15) is 0 Å². The third kappa shape index (κ3) is 6.30. The van der Waals surface area contributed by atoms with Crippen LogP contribution in [-0.4, -0.2) is 75.7 Å². The van der Waals surface area contributed by atoms with Crippen LogP contribution in [0.5, 0.6) is 0 Å². The van der Waals surface area contributed by atoms with Crippen LogP contribution >= 0.6 is 12.4 Å². The number of nitrogens with zero attached hydrogens (tertiary/aromatic N) is 1. The van der Waals surface area contributed by atoms with Gasteiger partial charge < -0.3 is 36.8 Å². The normalized spacial score (nSPS) is 12.8. The number of hydrogen-bond donors (Lipinski definition) is 6. The summed E-state index contributed by atoms with van der Waals surface area (Å²) >= 11 is 0. The third-order valence-corrected chi connectivity index (χ3v) is 3.06. The maximum absolute atomic E-state index is 12.5. The summed E-state index contributed by atoms with van der Waals surface area (Å²) in [6, 6.07) is 3.87. The average Bonchev–Trinajstić information content (AvgIpc) is 2.52. The SMILES string of the molecule is Cl.NC(=O)c1cc(N)cc(C(=O)N(CC(O)CO)CC(O)CO)c1. The first-order valence-electron chi connectivity index (χ1n) is 6.86. The number of amides is 2. The number of rotatable bonds is 8. The van der Waals surface area contributed by atoms with Crippen molar-refractivity contribution in [3.05, 3.63) is 29.3 Å². The summed E-state index contributed by atoms with van der Waals surface area (Å²) in [5.74, 6) is -1.40. The topological polar surface area (TPSA) is 170 Å². The molecular weight excluding hydrogens is 342 g/mol. The smallest absolute Gasteiger partial charge is 0.254 e. The number of nitrogen functional groups attached to an aromatic ring is 1. The van der Waals surface area contributed by atoms with Gasteiger partial charge in [-0.3, -0.25) is 9.59 Å². The molecule has 2 unspecified atom stereocenters. The van der Waals surface area contributed by atoms with Crippen molar-refractivity contribution < 1.29 is 30.0 Å². The van der Waals surface area contributed by atoms with Gasteiger partial charge in [-0.2, -0.15) is 0 Å². The maximum atomic E-state index is 12.5. The zero-order chi connectivity index (χ0) is 17.6. The molecule has 0 aliphatic carbocycles. The number of primary amides is 1. The van der Waals surface area contributed by atoms with Gasteiger partial charge >= 0.3 is 0 Å². The van der Waals surface area contributed by atoms with Gasteiger partial charge in [0.05, 0.1) is 25.4 Å². The minimum atomic E-state index is -1.22. The molecule has 2 atom stereocenters. The summed E-state index contributed by atoms with van der Waals surface area (Å²) in [5, 5.41) is 36.9. The molecule has 1 rings (SSSR count). The Labute approximate surface area is 144 Å². The molecule has 0 saturated carbocycles. The number of aliphatic hydroxyl groups is 4. The minimum absolute atomic E-state index is 0. The molecule has 1 aromatic carbocycles. The van der Waals surface area contributed by atoms with Crippen LogP contribution in [-0.2, 0) is 0 Å². The molecule has 24 heavy (non-hydrogen) atoms. The second kappa shape index (κ2) is 10.1. The highest BCUT2D eigenvalue weighted by molar-refractivity contribution is 6.00. The van der Waals surface area contributed by atoms with E-state index in [9.17, 15) is 19.8 Å². The third-order valence-electron chi connectivity index (χ3n) is 3.06. The van der Waals surface area contributed by atoms with Crippen LogP contribution in [0.15, 0.2) is 18.2 Å². The van der Waals surface area contributed by atoms with Crippen molar-refractivity contribution in [3.8, 4) is 0 Å². The molecule has 0 radical (unpaired) electrons. The van der Waals surface area contributed by atoms with Gasteiger partial charge in [0.15, 0.2) is 0 Å². The molecule has 0 aliphatic heterocycles. The van der Waals surface area contributed by atoms with Gasteiger partial charge in [-0.15, -0.1) is 12.4 Å². The van der Waals surface area contributed by atoms with Crippen molar-refractivity contribution >= 4 is 29.9 Å². The Hall–Kier alpha value is -1.91. The molecule has 10 heteroatoms. The Kier molecular flexibility index (Phi) is 9.26. The van der Waals surface area contributed by atoms with Crippen molar-refractivity contribution in [2.45, 2.75) is 12.2 Å². The highest BCUT2D eigenvalue weighted by atomic mass is 35.5. The van der Waals surface area contributed by atoms with Crippen LogP contribution in [0.25, 0.3) is 0 Å². The highest BCUT2D eigenvalue weighted by Gasteiger charge is 2.22. The second-order valence-electron chi connectivity index (χ2n) is 5.09. The number of carbonyl (C=O) groups is 2. The Morgan fingerprint density at radius 1 is 1.00 bits per heavy atom. The molecule has 0 heterocycles. The van der Waals surface area contributed by atoms with Gasteiger partial charge in [-0.25, -0.2) is 0 Å². The number of benzene rings is 1. The van der Waals surface area contributed by atoms with E-state index in [4.69, 9.17) is 21.7 Å².